The van der Waals surface area contributed by atoms with E-state index in [0.29, 0.717) is 52.2 Å². The van der Waals surface area contributed by atoms with Crippen LogP contribution in [0.2, 0.25) is 5.02 Å². The molecule has 3 aromatic rings. The number of likely N-dealkylation sites (N-methyl/N-ethyl adjacent to an activating group) is 2. The van der Waals surface area contributed by atoms with E-state index in [1.54, 1.807) is 30.3 Å². The lowest BCUT2D eigenvalue weighted by atomic mass is 9.90. The number of hydrogen-bond donors (Lipinski definition) is 2. The monoisotopic (exact) mass is 682 g/mol. The maximum absolute atomic E-state index is 12.8. The number of nitrogen functional groups attached to an aromatic ring is 1. The minimum atomic E-state index is -1.05. The minimum Gasteiger partial charge on any atom is -0.478 e. The molecule has 256 valence electrons. The number of nitrogens with two attached hydrogens (primary N) is 1. The molecule has 0 bridgehead atoms. The Morgan fingerprint density at radius 2 is 1.51 bits per heavy atom. The first-order chi connectivity index (χ1) is 23.8. The number of carboxylic acids is 1. The van der Waals surface area contributed by atoms with Crippen molar-refractivity contribution in [3.63, 3.8) is 0 Å². The molecule has 2 aliphatic heterocycles. The van der Waals surface area contributed by atoms with Gasteiger partial charge in [0.2, 0.25) is 5.43 Å². The van der Waals surface area contributed by atoms with Crippen molar-refractivity contribution < 1.29 is 14.3 Å². The lowest BCUT2D eigenvalue weighted by Gasteiger charge is -2.35. The molecule has 0 amide bonds. The Labute approximate surface area is 291 Å². The van der Waals surface area contributed by atoms with Crippen LogP contribution in [0.25, 0.3) is 33.4 Å². The average molecular weight is 683 g/mol. The van der Waals surface area contributed by atoms with Gasteiger partial charge in [-0.15, -0.1) is 0 Å². The Morgan fingerprint density at radius 1 is 0.857 bits per heavy atom. The van der Waals surface area contributed by atoms with E-state index in [1.807, 2.05) is 30.5 Å². The molecule has 6 rings (SSSR count). The van der Waals surface area contributed by atoms with E-state index in [4.69, 9.17) is 21.8 Å². The molecule has 0 atom stereocenters. The molecule has 1 aliphatic carbocycles. The number of halogens is 1. The maximum atomic E-state index is 12.8. The summed E-state index contributed by atoms with van der Waals surface area (Å²) in [7, 11) is 0. The third kappa shape index (κ3) is 7.58. The second-order valence-electron chi connectivity index (χ2n) is 12.4. The Balaban J connectivity index is 1.44. The molecule has 0 radical (unpaired) electrons. The van der Waals surface area contributed by atoms with E-state index in [9.17, 15) is 14.7 Å². The molecule has 0 saturated carbocycles. The predicted molar refractivity (Wildman–Crippen MR) is 197 cm³/mol. The Bertz CT molecular complexity index is 1930. The van der Waals surface area contributed by atoms with Crippen molar-refractivity contribution in [2.75, 3.05) is 76.1 Å². The quantitative estimate of drug-likeness (QED) is 0.160. The Kier molecular flexibility index (Phi) is 10.8. The van der Waals surface area contributed by atoms with E-state index in [1.165, 1.54) is 6.07 Å². The summed E-state index contributed by atoms with van der Waals surface area (Å²) in [5.74, 6) is -0.738. The second kappa shape index (κ2) is 15.4. The van der Waals surface area contributed by atoms with Crippen LogP contribution in [0.1, 0.15) is 29.9 Å². The Hall–Kier alpha value is -4.48. The molecular formula is C38H43ClN6O4. The highest BCUT2D eigenvalue weighted by atomic mass is 35.5. The van der Waals surface area contributed by atoms with Gasteiger partial charge < -0.3 is 30.0 Å². The fourth-order valence-corrected chi connectivity index (χ4v) is 6.90. The van der Waals surface area contributed by atoms with Crippen molar-refractivity contribution >= 4 is 39.9 Å². The maximum Gasteiger partial charge on any atom is 0.336 e. The van der Waals surface area contributed by atoms with Crippen LogP contribution >= 0.6 is 11.6 Å². The lowest BCUT2D eigenvalue weighted by Crippen LogP contribution is -2.46. The summed E-state index contributed by atoms with van der Waals surface area (Å²) in [5, 5.41) is 10.9. The van der Waals surface area contributed by atoms with Gasteiger partial charge in [-0.3, -0.25) is 14.7 Å². The molecular weight excluding hydrogens is 640 g/mol. The first kappa shape index (κ1) is 34.4. The van der Waals surface area contributed by atoms with Crippen molar-refractivity contribution in [1.82, 2.24) is 19.7 Å². The van der Waals surface area contributed by atoms with Crippen molar-refractivity contribution in [3.05, 3.63) is 99.4 Å². The van der Waals surface area contributed by atoms with E-state index >= 15 is 0 Å². The topological polar surface area (TPSA) is 119 Å². The molecule has 3 aliphatic rings. The molecule has 1 aromatic heterocycles. The van der Waals surface area contributed by atoms with Crippen LogP contribution in [-0.2, 0) is 6.54 Å². The molecule has 0 unspecified atom stereocenters. The summed E-state index contributed by atoms with van der Waals surface area (Å²) in [4.78, 5) is 39.5. The molecule has 3 N–H and O–H groups in total. The van der Waals surface area contributed by atoms with E-state index in [2.05, 4.69) is 44.5 Å². The second-order valence-corrected chi connectivity index (χ2v) is 12.8. The molecule has 1 saturated heterocycles. The first-order valence-electron chi connectivity index (χ1n) is 16.9. The number of carbonyl (C=O) groups is 1. The average Bonchev–Trinajstić information content (AvgIpc) is 3.10. The molecule has 10 nitrogen and oxygen atoms in total. The molecule has 0 spiro atoms. The van der Waals surface area contributed by atoms with E-state index in [0.717, 1.165) is 70.3 Å². The van der Waals surface area contributed by atoms with Crippen LogP contribution < -0.4 is 16.1 Å². The van der Waals surface area contributed by atoms with E-state index in [-0.39, 0.29) is 16.0 Å². The van der Waals surface area contributed by atoms with Gasteiger partial charge >= 0.3 is 5.97 Å². The smallest absolute Gasteiger partial charge is 0.336 e. The van der Waals surface area contributed by atoms with Gasteiger partial charge in [-0.1, -0.05) is 49.7 Å². The van der Waals surface area contributed by atoms with Crippen LogP contribution in [0.5, 0.6) is 0 Å². The van der Waals surface area contributed by atoms with Crippen molar-refractivity contribution in [2.45, 2.75) is 20.4 Å². The number of aromatic nitrogens is 1. The highest BCUT2D eigenvalue weighted by Gasteiger charge is 2.27. The van der Waals surface area contributed by atoms with Gasteiger partial charge in [-0.25, -0.2) is 4.79 Å². The standard InChI is InChI=1S/C38H43ClN6O4/c1-3-42-15-17-44(25-26-9-7-8-14-41-26)18-16-43(4-2)20-22-45(21-19-42)36-32(40)13-12-29-35(27-10-5-6-11-28(27)38(47)48)30-23-31(39)33(46)24-34(30)49-37(29)36/h5-14,23-24H,3-4,15-22,25,40H2,1-2H3,(H,47,48). The zero-order valence-electron chi connectivity index (χ0n) is 28.1. The Morgan fingerprint density at radius 3 is 2.16 bits per heavy atom. The number of benzene rings is 3. The largest absolute Gasteiger partial charge is 0.478 e. The number of pyridine rings is 1. The molecule has 1 fully saturated rings. The highest BCUT2D eigenvalue weighted by Crippen LogP contribution is 2.46. The summed E-state index contributed by atoms with van der Waals surface area (Å²) in [6.07, 6.45) is 1.85. The van der Waals surface area contributed by atoms with Gasteiger partial charge in [0.1, 0.15) is 11.4 Å². The van der Waals surface area contributed by atoms with Crippen LogP contribution in [0.4, 0.5) is 11.4 Å². The number of aromatic carboxylic acids is 1. The number of nitrogens with zero attached hydrogens (tertiary/aromatic N) is 5. The van der Waals surface area contributed by atoms with Crippen LogP contribution in [0, 0.1) is 0 Å². The predicted octanol–water partition coefficient (Wildman–Crippen LogP) is 5.86. The van der Waals surface area contributed by atoms with Gasteiger partial charge in [-0.2, -0.15) is 0 Å². The van der Waals surface area contributed by atoms with Gasteiger partial charge in [0.15, 0.2) is 5.58 Å². The normalized spacial score (nSPS) is 16.1. The number of fused-ring (bicyclic) bond motifs is 2. The SMILES string of the molecule is CCN1CCN(Cc2ccccn2)CCN(CC)CCN(c2c(N)ccc3c(-c4ccccc4C(=O)O)c4cc(Cl)c(=O)cc-4oc23)CC1. The van der Waals surface area contributed by atoms with Crippen molar-refractivity contribution in [1.29, 1.82) is 0 Å². The summed E-state index contributed by atoms with van der Waals surface area (Å²) in [6, 6.07) is 19.6. The summed E-state index contributed by atoms with van der Waals surface area (Å²) < 4.78 is 6.59. The van der Waals surface area contributed by atoms with E-state index < -0.39 is 5.97 Å². The van der Waals surface area contributed by atoms with Crippen LogP contribution in [-0.4, -0.2) is 96.2 Å². The van der Waals surface area contributed by atoms with Crippen LogP contribution in [0.15, 0.2) is 82.1 Å². The summed E-state index contributed by atoms with van der Waals surface area (Å²) in [6.45, 7) is 13.6. The third-order valence-electron chi connectivity index (χ3n) is 9.53. The lowest BCUT2D eigenvalue weighted by molar-refractivity contribution is 0.0697. The zero-order chi connectivity index (χ0) is 34.5. The van der Waals surface area contributed by atoms with Gasteiger partial charge in [0, 0.05) is 87.7 Å². The third-order valence-corrected chi connectivity index (χ3v) is 9.83. The van der Waals surface area contributed by atoms with Crippen LogP contribution in [0.3, 0.4) is 0 Å². The fraction of sp³-hybridized carbons (Fsp3) is 0.342. The minimum absolute atomic E-state index is 0.0350. The first-order valence-corrected chi connectivity index (χ1v) is 17.3. The molecule has 2 aromatic carbocycles. The molecule has 49 heavy (non-hydrogen) atoms. The highest BCUT2D eigenvalue weighted by molar-refractivity contribution is 6.31. The summed E-state index contributed by atoms with van der Waals surface area (Å²) >= 11 is 6.36. The van der Waals surface area contributed by atoms with Gasteiger partial charge in [0.25, 0.3) is 0 Å². The van der Waals surface area contributed by atoms with Crippen molar-refractivity contribution in [2.24, 2.45) is 0 Å². The summed E-state index contributed by atoms with van der Waals surface area (Å²) in [5.41, 5.74) is 11.1. The molecule has 11 heteroatoms. The fourth-order valence-electron chi connectivity index (χ4n) is 6.73. The number of anilines is 2. The van der Waals surface area contributed by atoms with Crippen molar-refractivity contribution in [3.8, 4) is 22.5 Å². The number of hydrogen-bond acceptors (Lipinski definition) is 9. The zero-order valence-corrected chi connectivity index (χ0v) is 28.8. The number of rotatable bonds is 7. The number of carboxylic acid groups (broad SMARTS) is 1. The molecule has 3 heterocycles. The van der Waals surface area contributed by atoms with Gasteiger partial charge in [-0.05, 0) is 55.1 Å². The van der Waals surface area contributed by atoms with Gasteiger partial charge in [0.05, 0.1) is 22.0 Å².